The van der Waals surface area contributed by atoms with Crippen molar-refractivity contribution in [3.05, 3.63) is 52.6 Å². The highest BCUT2D eigenvalue weighted by Crippen LogP contribution is 2.32. The maximum Gasteiger partial charge on any atom is 0.154 e. The molecule has 1 aromatic carbocycles. The van der Waals surface area contributed by atoms with Crippen LogP contribution in [0.15, 0.2) is 52.6 Å². The highest BCUT2D eigenvalue weighted by Gasteiger charge is 2.09. The lowest BCUT2D eigenvalue weighted by molar-refractivity contribution is 0.923. The minimum atomic E-state index is 0.843. The largest absolute Gasteiger partial charge is 0.234 e. The summed E-state index contributed by atoms with van der Waals surface area (Å²) in [5.41, 5.74) is 2.97. The monoisotopic (exact) mass is 329 g/mol. The third-order valence-electron chi connectivity index (χ3n) is 3.08. The van der Waals surface area contributed by atoms with Crippen molar-refractivity contribution >= 4 is 43.0 Å². The van der Waals surface area contributed by atoms with Gasteiger partial charge in [-0.3, -0.25) is 0 Å². The first-order valence-electron chi connectivity index (χ1n) is 5.80. The molecule has 3 heterocycles. The van der Waals surface area contributed by atoms with Crippen LogP contribution in [0.25, 0.3) is 27.0 Å². The summed E-state index contributed by atoms with van der Waals surface area (Å²) in [6.07, 6.45) is 1.76. The molecule has 0 aliphatic carbocycles. The van der Waals surface area contributed by atoms with E-state index in [4.69, 9.17) is 0 Å². The summed E-state index contributed by atoms with van der Waals surface area (Å²) in [5.74, 6) is 0. The van der Waals surface area contributed by atoms with Crippen molar-refractivity contribution in [2.75, 3.05) is 0 Å². The van der Waals surface area contributed by atoms with Crippen LogP contribution in [0.1, 0.15) is 0 Å². The number of thiophene rings is 1. The molecule has 0 saturated heterocycles. The number of imidazole rings is 1. The molecule has 0 saturated carbocycles. The fourth-order valence-electron chi connectivity index (χ4n) is 2.17. The molecule has 19 heavy (non-hydrogen) atoms. The van der Waals surface area contributed by atoms with Gasteiger partial charge < -0.3 is 0 Å². The first-order valence-corrected chi connectivity index (χ1v) is 7.47. The second-order valence-electron chi connectivity index (χ2n) is 4.22. The van der Waals surface area contributed by atoms with E-state index >= 15 is 0 Å². The van der Waals surface area contributed by atoms with Crippen molar-refractivity contribution in [3.8, 4) is 11.3 Å². The standard InChI is InChI=1S/C14H8BrN3S/c15-13-7-16-14-6-5-11(17-18(13)14)10-8-19-12-4-2-1-3-9(10)12/h1-8H. The minimum absolute atomic E-state index is 0.843. The molecule has 0 N–H and O–H groups in total. The lowest BCUT2D eigenvalue weighted by Gasteiger charge is -2.01. The molecule has 4 aromatic rings. The lowest BCUT2D eigenvalue weighted by atomic mass is 10.1. The van der Waals surface area contributed by atoms with Gasteiger partial charge in [-0.1, -0.05) is 18.2 Å². The Hall–Kier alpha value is -1.72. The Morgan fingerprint density at radius 3 is 2.95 bits per heavy atom. The number of hydrogen-bond donors (Lipinski definition) is 0. The molecule has 4 rings (SSSR count). The Kier molecular flexibility index (Phi) is 2.43. The number of benzene rings is 1. The summed E-state index contributed by atoms with van der Waals surface area (Å²) in [4.78, 5) is 4.26. The van der Waals surface area contributed by atoms with Gasteiger partial charge in [0.15, 0.2) is 5.65 Å². The Morgan fingerprint density at radius 1 is 1.11 bits per heavy atom. The molecule has 92 valence electrons. The van der Waals surface area contributed by atoms with Crippen molar-refractivity contribution in [2.45, 2.75) is 0 Å². The van der Waals surface area contributed by atoms with Crippen molar-refractivity contribution in [1.82, 2.24) is 14.6 Å². The van der Waals surface area contributed by atoms with E-state index in [0.29, 0.717) is 0 Å². The van der Waals surface area contributed by atoms with E-state index in [1.165, 1.54) is 15.6 Å². The smallest absolute Gasteiger partial charge is 0.154 e. The second kappa shape index (κ2) is 4.15. The summed E-state index contributed by atoms with van der Waals surface area (Å²) in [5, 5.41) is 8.04. The molecule has 5 heteroatoms. The number of aromatic nitrogens is 3. The van der Waals surface area contributed by atoms with E-state index in [2.05, 4.69) is 55.7 Å². The van der Waals surface area contributed by atoms with E-state index < -0.39 is 0 Å². The predicted molar refractivity (Wildman–Crippen MR) is 81.5 cm³/mol. The predicted octanol–water partition coefficient (Wildman–Crippen LogP) is 4.37. The van der Waals surface area contributed by atoms with Crippen LogP contribution in [0.3, 0.4) is 0 Å². The van der Waals surface area contributed by atoms with Gasteiger partial charge in [0.05, 0.1) is 11.9 Å². The fraction of sp³-hybridized carbons (Fsp3) is 0. The van der Waals surface area contributed by atoms with Crippen LogP contribution < -0.4 is 0 Å². The number of rotatable bonds is 1. The minimum Gasteiger partial charge on any atom is -0.234 e. The molecule has 0 fully saturated rings. The molecule has 0 bridgehead atoms. The third-order valence-corrected chi connectivity index (χ3v) is 4.58. The van der Waals surface area contributed by atoms with Crippen LogP contribution in [0.5, 0.6) is 0 Å². The van der Waals surface area contributed by atoms with Gasteiger partial charge in [0.25, 0.3) is 0 Å². The molecule has 3 nitrogen and oxygen atoms in total. The molecular formula is C14H8BrN3S. The Balaban J connectivity index is 2.01. The van der Waals surface area contributed by atoms with Gasteiger partial charge in [0.1, 0.15) is 4.60 Å². The number of hydrogen-bond acceptors (Lipinski definition) is 3. The van der Waals surface area contributed by atoms with E-state index in [9.17, 15) is 0 Å². The van der Waals surface area contributed by atoms with Crippen LogP contribution in [0.2, 0.25) is 0 Å². The van der Waals surface area contributed by atoms with E-state index in [1.54, 1.807) is 17.5 Å². The topological polar surface area (TPSA) is 30.2 Å². The average molecular weight is 330 g/mol. The molecule has 0 aliphatic heterocycles. The summed E-state index contributed by atoms with van der Waals surface area (Å²) in [7, 11) is 0. The van der Waals surface area contributed by atoms with Gasteiger partial charge in [-0.05, 0) is 34.1 Å². The van der Waals surface area contributed by atoms with Crippen LogP contribution in [-0.4, -0.2) is 14.6 Å². The van der Waals surface area contributed by atoms with Crippen molar-refractivity contribution < 1.29 is 0 Å². The summed E-state index contributed by atoms with van der Waals surface area (Å²) >= 11 is 5.20. The number of fused-ring (bicyclic) bond motifs is 2. The quantitative estimate of drug-likeness (QED) is 0.519. The highest BCUT2D eigenvalue weighted by molar-refractivity contribution is 9.10. The van der Waals surface area contributed by atoms with Gasteiger partial charge in [-0.2, -0.15) is 5.10 Å². The normalized spacial score (nSPS) is 11.4. The van der Waals surface area contributed by atoms with E-state index in [1.807, 2.05) is 16.6 Å². The van der Waals surface area contributed by atoms with Crippen LogP contribution in [0.4, 0.5) is 0 Å². The molecule has 0 aliphatic rings. The SMILES string of the molecule is Brc1cnc2ccc(-c3csc4ccccc34)nn12. The maximum absolute atomic E-state index is 4.64. The first kappa shape index (κ1) is 11.1. The summed E-state index contributed by atoms with van der Waals surface area (Å²) < 4.78 is 3.95. The molecule has 0 radical (unpaired) electrons. The van der Waals surface area contributed by atoms with E-state index in [0.717, 1.165) is 15.9 Å². The van der Waals surface area contributed by atoms with E-state index in [-0.39, 0.29) is 0 Å². The third kappa shape index (κ3) is 1.69. The van der Waals surface area contributed by atoms with Gasteiger partial charge in [-0.25, -0.2) is 9.50 Å². The molecule has 0 amide bonds. The Labute approximate surface area is 121 Å². The van der Waals surface area contributed by atoms with Crippen LogP contribution >= 0.6 is 27.3 Å². The molecule has 0 unspecified atom stereocenters. The summed E-state index contributed by atoms with van der Waals surface area (Å²) in [6.45, 7) is 0. The van der Waals surface area contributed by atoms with Crippen molar-refractivity contribution in [3.63, 3.8) is 0 Å². The van der Waals surface area contributed by atoms with Crippen molar-refractivity contribution in [2.24, 2.45) is 0 Å². The summed E-state index contributed by atoms with van der Waals surface area (Å²) in [6, 6.07) is 12.4. The number of halogens is 1. The first-order chi connectivity index (χ1) is 9.33. The molecule has 3 aromatic heterocycles. The van der Waals surface area contributed by atoms with Gasteiger partial charge in [0.2, 0.25) is 0 Å². The van der Waals surface area contributed by atoms with Crippen molar-refractivity contribution in [1.29, 1.82) is 0 Å². The van der Waals surface area contributed by atoms with Crippen LogP contribution in [-0.2, 0) is 0 Å². The molecule has 0 spiro atoms. The zero-order valence-electron chi connectivity index (χ0n) is 9.75. The molecular weight excluding hydrogens is 322 g/mol. The zero-order chi connectivity index (χ0) is 12.8. The maximum atomic E-state index is 4.64. The Bertz CT molecular complexity index is 894. The second-order valence-corrected chi connectivity index (χ2v) is 5.94. The fourth-order valence-corrected chi connectivity index (χ4v) is 3.48. The van der Waals surface area contributed by atoms with Gasteiger partial charge in [0, 0.05) is 21.0 Å². The van der Waals surface area contributed by atoms with Gasteiger partial charge in [-0.15, -0.1) is 11.3 Å². The molecule has 0 atom stereocenters. The lowest BCUT2D eigenvalue weighted by Crippen LogP contribution is -1.94. The average Bonchev–Trinajstić information content (AvgIpc) is 3.03. The van der Waals surface area contributed by atoms with Crippen LogP contribution in [0, 0.1) is 0 Å². The zero-order valence-corrected chi connectivity index (χ0v) is 12.1. The van der Waals surface area contributed by atoms with Gasteiger partial charge >= 0.3 is 0 Å². The Morgan fingerprint density at radius 2 is 2.00 bits per heavy atom. The highest BCUT2D eigenvalue weighted by atomic mass is 79.9. The number of nitrogens with zero attached hydrogens (tertiary/aromatic N) is 3.